The van der Waals surface area contributed by atoms with Crippen LogP contribution in [0.1, 0.15) is 38.2 Å². The van der Waals surface area contributed by atoms with Crippen molar-refractivity contribution in [1.29, 1.82) is 0 Å². The number of halogens is 2. The van der Waals surface area contributed by atoms with Crippen LogP contribution < -0.4 is 0 Å². The average molecular weight is 309 g/mol. The zero-order chi connectivity index (χ0) is 15.9. The lowest BCUT2D eigenvalue weighted by molar-refractivity contribution is -0.145. The highest BCUT2D eigenvalue weighted by molar-refractivity contribution is 5.89. The first-order chi connectivity index (χ1) is 10.4. The maximum Gasteiger partial charge on any atom is 0.233 e. The largest absolute Gasteiger partial charge is 0.391 e. The lowest BCUT2D eigenvalue weighted by atomic mass is 9.63. The molecule has 2 atom stereocenters. The van der Waals surface area contributed by atoms with Gasteiger partial charge in [-0.25, -0.2) is 8.78 Å². The van der Waals surface area contributed by atoms with E-state index < -0.39 is 23.2 Å². The van der Waals surface area contributed by atoms with Crippen molar-refractivity contribution in [2.75, 3.05) is 13.1 Å². The van der Waals surface area contributed by atoms with E-state index in [9.17, 15) is 18.7 Å². The second kappa shape index (κ2) is 5.61. The number of benzene rings is 1. The third kappa shape index (κ3) is 2.41. The first kappa shape index (κ1) is 15.4. The molecule has 1 heterocycles. The maximum absolute atomic E-state index is 14.2. The SMILES string of the molecule is CC1CCN(C(=O)C2(c3ccc(F)cc3F)CCC2)CC1O. The zero-order valence-electron chi connectivity index (χ0n) is 12.7. The van der Waals surface area contributed by atoms with Crippen molar-refractivity contribution < 1.29 is 18.7 Å². The summed E-state index contributed by atoms with van der Waals surface area (Å²) in [7, 11) is 0. The molecule has 3 rings (SSSR count). The monoisotopic (exact) mass is 309 g/mol. The van der Waals surface area contributed by atoms with Gasteiger partial charge >= 0.3 is 0 Å². The van der Waals surface area contributed by atoms with Crippen molar-refractivity contribution in [2.24, 2.45) is 5.92 Å². The molecule has 2 fully saturated rings. The molecule has 0 spiro atoms. The Labute approximate surface area is 128 Å². The van der Waals surface area contributed by atoms with E-state index in [0.29, 0.717) is 31.5 Å². The number of piperidine rings is 1. The molecular weight excluding hydrogens is 288 g/mol. The summed E-state index contributed by atoms with van der Waals surface area (Å²) < 4.78 is 27.3. The van der Waals surface area contributed by atoms with Crippen LogP contribution in [0.3, 0.4) is 0 Å². The van der Waals surface area contributed by atoms with Crippen LogP contribution in [0.5, 0.6) is 0 Å². The summed E-state index contributed by atoms with van der Waals surface area (Å²) in [6.45, 7) is 2.84. The van der Waals surface area contributed by atoms with Crippen LogP contribution >= 0.6 is 0 Å². The third-order valence-electron chi connectivity index (χ3n) is 5.27. The predicted molar refractivity (Wildman–Crippen MR) is 78.3 cm³/mol. The van der Waals surface area contributed by atoms with Crippen molar-refractivity contribution >= 4 is 5.91 Å². The van der Waals surface area contributed by atoms with Crippen LogP contribution in [0.2, 0.25) is 0 Å². The number of likely N-dealkylation sites (tertiary alicyclic amines) is 1. The van der Waals surface area contributed by atoms with E-state index in [2.05, 4.69) is 0 Å². The standard InChI is InChI=1S/C17H21F2NO2/c1-11-5-8-20(10-15(11)21)16(22)17(6-2-7-17)13-4-3-12(18)9-14(13)19/h3-4,9,11,15,21H,2,5-8,10H2,1H3. The second-order valence-electron chi connectivity index (χ2n) is 6.64. The van der Waals surface area contributed by atoms with Gasteiger partial charge in [0.2, 0.25) is 5.91 Å². The van der Waals surface area contributed by atoms with Gasteiger partial charge in [0.15, 0.2) is 0 Å². The van der Waals surface area contributed by atoms with E-state index in [0.717, 1.165) is 18.9 Å². The highest BCUT2D eigenvalue weighted by Gasteiger charge is 2.49. The number of β-amino-alcohol motifs (C(OH)–C–C–N with tert-alkyl or cyclic N) is 1. The molecule has 1 aromatic rings. The Bertz CT molecular complexity index is 586. The van der Waals surface area contributed by atoms with Gasteiger partial charge in [-0.1, -0.05) is 19.4 Å². The van der Waals surface area contributed by atoms with Gasteiger partial charge in [-0.05, 0) is 31.2 Å². The fourth-order valence-electron chi connectivity index (χ4n) is 3.54. The minimum absolute atomic E-state index is 0.129. The summed E-state index contributed by atoms with van der Waals surface area (Å²) in [5.41, 5.74) is -0.587. The summed E-state index contributed by atoms with van der Waals surface area (Å²) >= 11 is 0. The van der Waals surface area contributed by atoms with Gasteiger partial charge in [-0.3, -0.25) is 4.79 Å². The summed E-state index contributed by atoms with van der Waals surface area (Å²) in [4.78, 5) is 14.6. The normalized spacial score (nSPS) is 27.4. The topological polar surface area (TPSA) is 40.5 Å². The smallest absolute Gasteiger partial charge is 0.233 e. The number of amides is 1. The fraction of sp³-hybridized carbons (Fsp3) is 0.588. The highest BCUT2D eigenvalue weighted by atomic mass is 19.1. The zero-order valence-corrected chi connectivity index (χ0v) is 12.7. The molecule has 2 unspecified atom stereocenters. The molecule has 1 aromatic carbocycles. The number of aliphatic hydroxyl groups excluding tert-OH is 1. The molecule has 5 heteroatoms. The fourth-order valence-corrected chi connectivity index (χ4v) is 3.54. The van der Waals surface area contributed by atoms with E-state index in [4.69, 9.17) is 0 Å². The lowest BCUT2D eigenvalue weighted by Gasteiger charge is -2.46. The average Bonchev–Trinajstić information content (AvgIpc) is 2.42. The minimum Gasteiger partial charge on any atom is -0.391 e. The molecule has 1 saturated carbocycles. The number of aliphatic hydroxyl groups is 1. The Balaban J connectivity index is 1.88. The third-order valence-corrected chi connectivity index (χ3v) is 5.27. The van der Waals surface area contributed by atoms with Gasteiger partial charge in [0.05, 0.1) is 11.5 Å². The van der Waals surface area contributed by atoms with Crippen LogP contribution in [-0.4, -0.2) is 35.1 Å². The Morgan fingerprint density at radius 1 is 1.36 bits per heavy atom. The molecule has 1 aliphatic carbocycles. The number of carbonyl (C=O) groups excluding carboxylic acids is 1. The summed E-state index contributed by atoms with van der Waals surface area (Å²) in [6, 6.07) is 3.44. The van der Waals surface area contributed by atoms with Gasteiger partial charge in [0, 0.05) is 24.7 Å². The number of hydrogen-bond donors (Lipinski definition) is 1. The molecule has 120 valence electrons. The van der Waals surface area contributed by atoms with E-state index in [1.807, 2.05) is 6.92 Å². The second-order valence-corrected chi connectivity index (χ2v) is 6.64. The van der Waals surface area contributed by atoms with Gasteiger partial charge in [0.25, 0.3) is 0 Å². The molecular formula is C17H21F2NO2. The van der Waals surface area contributed by atoms with Gasteiger partial charge < -0.3 is 10.0 Å². The molecule has 1 N–H and O–H groups in total. The van der Waals surface area contributed by atoms with Crippen LogP contribution in [0.15, 0.2) is 18.2 Å². The van der Waals surface area contributed by atoms with Crippen molar-refractivity contribution in [3.05, 3.63) is 35.4 Å². The van der Waals surface area contributed by atoms with Gasteiger partial charge in [-0.2, -0.15) is 0 Å². The summed E-state index contributed by atoms with van der Waals surface area (Å²) in [5.74, 6) is -1.25. The highest BCUT2D eigenvalue weighted by Crippen LogP contribution is 2.46. The molecule has 1 amide bonds. The lowest BCUT2D eigenvalue weighted by Crippen LogP contribution is -2.55. The first-order valence-electron chi connectivity index (χ1n) is 7.87. The minimum atomic E-state index is -0.877. The Kier molecular flexibility index (Phi) is 3.93. The first-order valence-corrected chi connectivity index (χ1v) is 7.87. The van der Waals surface area contributed by atoms with Crippen molar-refractivity contribution in [3.8, 4) is 0 Å². The van der Waals surface area contributed by atoms with Crippen LogP contribution in [-0.2, 0) is 10.2 Å². The quantitative estimate of drug-likeness (QED) is 0.912. The van der Waals surface area contributed by atoms with E-state index in [1.54, 1.807) is 4.90 Å². The predicted octanol–water partition coefficient (Wildman–Crippen LogP) is 2.62. The van der Waals surface area contributed by atoms with Crippen LogP contribution in [0.4, 0.5) is 8.78 Å². The number of rotatable bonds is 2. The van der Waals surface area contributed by atoms with E-state index in [1.165, 1.54) is 12.1 Å². The summed E-state index contributed by atoms with van der Waals surface area (Å²) in [6.07, 6.45) is 2.23. The summed E-state index contributed by atoms with van der Waals surface area (Å²) in [5, 5.41) is 10.00. The van der Waals surface area contributed by atoms with Crippen LogP contribution in [0, 0.1) is 17.6 Å². The van der Waals surface area contributed by atoms with Crippen molar-refractivity contribution in [1.82, 2.24) is 4.90 Å². The van der Waals surface area contributed by atoms with Gasteiger partial charge in [-0.15, -0.1) is 0 Å². The molecule has 1 aliphatic heterocycles. The molecule has 0 bridgehead atoms. The Morgan fingerprint density at radius 2 is 2.09 bits per heavy atom. The number of nitrogens with zero attached hydrogens (tertiary/aromatic N) is 1. The van der Waals surface area contributed by atoms with Crippen molar-refractivity contribution in [3.63, 3.8) is 0 Å². The van der Waals surface area contributed by atoms with E-state index >= 15 is 0 Å². The molecule has 22 heavy (non-hydrogen) atoms. The molecule has 0 radical (unpaired) electrons. The maximum atomic E-state index is 14.2. The Hall–Kier alpha value is -1.49. The molecule has 1 saturated heterocycles. The molecule has 3 nitrogen and oxygen atoms in total. The van der Waals surface area contributed by atoms with E-state index in [-0.39, 0.29) is 11.8 Å². The number of hydrogen-bond acceptors (Lipinski definition) is 2. The van der Waals surface area contributed by atoms with Crippen molar-refractivity contribution in [2.45, 2.75) is 44.1 Å². The molecule has 2 aliphatic rings. The Morgan fingerprint density at radius 3 is 2.64 bits per heavy atom. The van der Waals surface area contributed by atoms with Gasteiger partial charge in [0.1, 0.15) is 11.6 Å². The number of carbonyl (C=O) groups is 1. The molecule has 0 aromatic heterocycles. The van der Waals surface area contributed by atoms with Crippen LogP contribution in [0.25, 0.3) is 0 Å².